The second kappa shape index (κ2) is 5.90. The molecule has 106 valence electrons. The van der Waals surface area contributed by atoms with Gasteiger partial charge in [0.05, 0.1) is 18.2 Å². The zero-order chi connectivity index (χ0) is 14.0. The minimum absolute atomic E-state index is 0.0396. The third-order valence-corrected chi connectivity index (χ3v) is 4.78. The number of nitrogens with two attached hydrogens (primary N) is 1. The molecule has 1 saturated heterocycles. The Hall–Kier alpha value is -1.11. The molecule has 2 unspecified atom stereocenters. The standard InChI is InChI=1S/C13H20N2O3S/c1-8-6-11(19-12(8)13(16)18-3)15-5-4-9(14)10(7-15)17-2/h6,9-10H,4-5,7,14H2,1-3H3. The molecular weight excluding hydrogens is 264 g/mol. The van der Waals surface area contributed by atoms with E-state index in [1.807, 2.05) is 13.0 Å². The van der Waals surface area contributed by atoms with E-state index in [2.05, 4.69) is 4.90 Å². The first-order chi connectivity index (χ1) is 9.06. The molecule has 0 aromatic carbocycles. The third-order valence-electron chi connectivity index (χ3n) is 3.50. The van der Waals surface area contributed by atoms with Crippen LogP contribution in [0.5, 0.6) is 0 Å². The Morgan fingerprint density at radius 1 is 1.53 bits per heavy atom. The van der Waals surface area contributed by atoms with Crippen LogP contribution in [0.4, 0.5) is 5.00 Å². The van der Waals surface area contributed by atoms with Gasteiger partial charge in [0, 0.05) is 26.2 Å². The van der Waals surface area contributed by atoms with Gasteiger partial charge in [0.25, 0.3) is 0 Å². The Bertz CT molecular complexity index is 461. The molecule has 5 nitrogen and oxygen atoms in total. The topological polar surface area (TPSA) is 64.8 Å². The maximum absolute atomic E-state index is 11.6. The Labute approximate surface area is 117 Å². The summed E-state index contributed by atoms with van der Waals surface area (Å²) in [6.07, 6.45) is 0.931. The van der Waals surface area contributed by atoms with E-state index >= 15 is 0 Å². The van der Waals surface area contributed by atoms with Crippen LogP contribution >= 0.6 is 11.3 Å². The van der Waals surface area contributed by atoms with Crippen molar-refractivity contribution in [2.24, 2.45) is 5.73 Å². The highest BCUT2D eigenvalue weighted by Gasteiger charge is 2.28. The minimum Gasteiger partial charge on any atom is -0.465 e. The Balaban J connectivity index is 2.16. The zero-order valence-electron chi connectivity index (χ0n) is 11.5. The van der Waals surface area contributed by atoms with Gasteiger partial charge in [-0.25, -0.2) is 4.79 Å². The summed E-state index contributed by atoms with van der Waals surface area (Å²) in [5.41, 5.74) is 6.97. The molecule has 1 aromatic heterocycles. The summed E-state index contributed by atoms with van der Waals surface area (Å²) in [6.45, 7) is 3.58. The number of nitrogens with zero attached hydrogens (tertiary/aromatic N) is 1. The van der Waals surface area contributed by atoms with E-state index in [1.54, 1.807) is 7.11 Å². The van der Waals surface area contributed by atoms with E-state index < -0.39 is 0 Å². The molecule has 0 spiro atoms. The van der Waals surface area contributed by atoms with E-state index in [1.165, 1.54) is 18.4 Å². The van der Waals surface area contributed by atoms with Crippen molar-refractivity contribution in [1.29, 1.82) is 0 Å². The first-order valence-corrected chi connectivity index (χ1v) is 7.10. The Morgan fingerprint density at radius 2 is 2.26 bits per heavy atom. The van der Waals surface area contributed by atoms with Crippen molar-refractivity contribution in [2.45, 2.75) is 25.5 Å². The van der Waals surface area contributed by atoms with Gasteiger partial charge in [0.1, 0.15) is 4.88 Å². The van der Waals surface area contributed by atoms with Crippen molar-refractivity contribution >= 4 is 22.3 Å². The maximum Gasteiger partial charge on any atom is 0.348 e. The van der Waals surface area contributed by atoms with Crippen LogP contribution in [0, 0.1) is 6.92 Å². The number of thiophene rings is 1. The monoisotopic (exact) mass is 284 g/mol. The van der Waals surface area contributed by atoms with Gasteiger partial charge in [0.2, 0.25) is 0 Å². The lowest BCUT2D eigenvalue weighted by molar-refractivity contribution is 0.0605. The number of rotatable bonds is 3. The molecule has 0 bridgehead atoms. The summed E-state index contributed by atoms with van der Waals surface area (Å²) < 4.78 is 10.2. The predicted molar refractivity (Wildman–Crippen MR) is 76.0 cm³/mol. The molecule has 1 aliphatic heterocycles. The summed E-state index contributed by atoms with van der Waals surface area (Å²) in [5.74, 6) is -0.272. The molecule has 2 rings (SSSR count). The third kappa shape index (κ3) is 2.91. The Morgan fingerprint density at radius 3 is 2.89 bits per heavy atom. The molecule has 1 aromatic rings. The number of aryl methyl sites for hydroxylation is 1. The molecule has 0 radical (unpaired) electrons. The number of hydrogen-bond donors (Lipinski definition) is 1. The van der Waals surface area contributed by atoms with Crippen LogP contribution in [0.1, 0.15) is 21.7 Å². The first-order valence-electron chi connectivity index (χ1n) is 6.29. The van der Waals surface area contributed by atoms with Gasteiger partial charge in [-0.05, 0) is 25.0 Å². The average molecular weight is 284 g/mol. The smallest absolute Gasteiger partial charge is 0.348 e. The van der Waals surface area contributed by atoms with Crippen molar-refractivity contribution < 1.29 is 14.3 Å². The predicted octanol–water partition coefficient (Wildman–Crippen LogP) is 1.40. The van der Waals surface area contributed by atoms with Crippen LogP contribution in [0.3, 0.4) is 0 Å². The summed E-state index contributed by atoms with van der Waals surface area (Å²) in [7, 11) is 3.09. The number of piperidine rings is 1. The lowest BCUT2D eigenvalue weighted by Crippen LogP contribution is -2.51. The number of esters is 1. The molecule has 0 saturated carbocycles. The van der Waals surface area contributed by atoms with E-state index in [9.17, 15) is 4.79 Å². The van der Waals surface area contributed by atoms with Gasteiger partial charge in [-0.15, -0.1) is 11.3 Å². The van der Waals surface area contributed by atoms with Crippen LogP contribution in [0.15, 0.2) is 6.07 Å². The number of methoxy groups -OCH3 is 2. The summed E-state index contributed by atoms with van der Waals surface area (Å²) in [4.78, 5) is 14.5. The van der Waals surface area contributed by atoms with Crippen LogP contribution in [-0.2, 0) is 9.47 Å². The van der Waals surface area contributed by atoms with Crippen LogP contribution in [0.25, 0.3) is 0 Å². The van der Waals surface area contributed by atoms with Gasteiger partial charge in [-0.1, -0.05) is 0 Å². The molecule has 0 aliphatic carbocycles. The quantitative estimate of drug-likeness (QED) is 0.850. The van der Waals surface area contributed by atoms with Crippen molar-refractivity contribution in [3.8, 4) is 0 Å². The van der Waals surface area contributed by atoms with Gasteiger partial charge in [-0.2, -0.15) is 0 Å². The largest absolute Gasteiger partial charge is 0.465 e. The highest BCUT2D eigenvalue weighted by Crippen LogP contribution is 2.32. The number of carbonyl (C=O) groups excluding carboxylic acids is 1. The van der Waals surface area contributed by atoms with Gasteiger partial charge in [0.15, 0.2) is 0 Å². The maximum atomic E-state index is 11.6. The highest BCUT2D eigenvalue weighted by atomic mass is 32.1. The molecule has 0 amide bonds. The van der Waals surface area contributed by atoms with E-state index in [0.29, 0.717) is 4.88 Å². The van der Waals surface area contributed by atoms with E-state index in [-0.39, 0.29) is 18.1 Å². The molecule has 2 N–H and O–H groups in total. The number of ether oxygens (including phenoxy) is 2. The molecular formula is C13H20N2O3S. The number of anilines is 1. The molecule has 6 heteroatoms. The Kier molecular flexibility index (Phi) is 4.44. The van der Waals surface area contributed by atoms with Gasteiger partial charge >= 0.3 is 5.97 Å². The highest BCUT2D eigenvalue weighted by molar-refractivity contribution is 7.18. The van der Waals surface area contributed by atoms with Crippen molar-refractivity contribution in [3.05, 3.63) is 16.5 Å². The molecule has 2 heterocycles. The molecule has 1 fully saturated rings. The van der Waals surface area contributed by atoms with Crippen molar-refractivity contribution in [2.75, 3.05) is 32.2 Å². The summed E-state index contributed by atoms with van der Waals surface area (Å²) in [6, 6.07) is 2.11. The fourth-order valence-electron chi connectivity index (χ4n) is 2.30. The normalized spacial score (nSPS) is 23.5. The number of carbonyl (C=O) groups is 1. The molecule has 1 aliphatic rings. The van der Waals surface area contributed by atoms with Gasteiger partial charge < -0.3 is 20.1 Å². The van der Waals surface area contributed by atoms with Crippen LogP contribution in [-0.4, -0.2) is 45.4 Å². The van der Waals surface area contributed by atoms with Gasteiger partial charge in [-0.3, -0.25) is 0 Å². The molecule has 19 heavy (non-hydrogen) atoms. The zero-order valence-corrected chi connectivity index (χ0v) is 12.3. The lowest BCUT2D eigenvalue weighted by Gasteiger charge is -2.36. The van der Waals surface area contributed by atoms with E-state index in [0.717, 1.165) is 30.1 Å². The summed E-state index contributed by atoms with van der Waals surface area (Å²) in [5, 5.41) is 1.08. The minimum atomic E-state index is -0.272. The number of hydrogen-bond acceptors (Lipinski definition) is 6. The fraction of sp³-hybridized carbons (Fsp3) is 0.615. The first kappa shape index (κ1) is 14.3. The second-order valence-corrected chi connectivity index (χ2v) is 5.79. The van der Waals surface area contributed by atoms with Crippen molar-refractivity contribution in [1.82, 2.24) is 0 Å². The second-order valence-electron chi connectivity index (χ2n) is 4.76. The van der Waals surface area contributed by atoms with Crippen molar-refractivity contribution in [3.63, 3.8) is 0 Å². The van der Waals surface area contributed by atoms with Crippen LogP contribution in [0.2, 0.25) is 0 Å². The fourth-order valence-corrected chi connectivity index (χ4v) is 3.43. The lowest BCUT2D eigenvalue weighted by atomic mass is 10.0. The average Bonchev–Trinajstić information content (AvgIpc) is 2.80. The SMILES string of the molecule is COC(=O)c1sc(N2CCC(N)C(OC)C2)cc1C. The summed E-state index contributed by atoms with van der Waals surface area (Å²) >= 11 is 1.47. The van der Waals surface area contributed by atoms with E-state index in [4.69, 9.17) is 15.2 Å². The molecule has 2 atom stereocenters. The van der Waals surface area contributed by atoms with Crippen LogP contribution < -0.4 is 10.6 Å².